The first-order valence-corrected chi connectivity index (χ1v) is 9.37. The Morgan fingerprint density at radius 2 is 1.81 bits per heavy atom. The van der Waals surface area contributed by atoms with E-state index in [4.69, 9.17) is 25.8 Å². The van der Waals surface area contributed by atoms with Crippen molar-refractivity contribution in [3.05, 3.63) is 52.0 Å². The fourth-order valence-corrected chi connectivity index (χ4v) is 3.26. The molecular weight excluding hydrogens is 366 g/mol. The molecule has 0 N–H and O–H groups in total. The number of benzene rings is 2. The Morgan fingerprint density at radius 1 is 1.11 bits per heavy atom. The lowest BCUT2D eigenvalue weighted by Crippen LogP contribution is -2.31. The van der Waals surface area contributed by atoms with Crippen LogP contribution in [0.1, 0.15) is 27.9 Å². The molecular formula is C21H24ClNO4. The largest absolute Gasteiger partial charge is 0.492 e. The minimum atomic E-state index is -0.142. The molecule has 0 saturated heterocycles. The number of halogens is 1. The Morgan fingerprint density at radius 3 is 2.56 bits per heavy atom. The molecule has 1 amide bonds. The number of fused-ring (bicyclic) bond motifs is 1. The van der Waals surface area contributed by atoms with Gasteiger partial charge in [-0.1, -0.05) is 17.7 Å². The van der Waals surface area contributed by atoms with Crippen molar-refractivity contribution in [1.82, 2.24) is 4.90 Å². The van der Waals surface area contributed by atoms with Gasteiger partial charge in [-0.2, -0.15) is 0 Å². The van der Waals surface area contributed by atoms with Crippen molar-refractivity contribution in [3.63, 3.8) is 0 Å². The van der Waals surface area contributed by atoms with E-state index in [2.05, 4.69) is 6.07 Å². The molecule has 0 bridgehead atoms. The van der Waals surface area contributed by atoms with Crippen LogP contribution in [0.2, 0.25) is 5.02 Å². The van der Waals surface area contributed by atoms with E-state index in [9.17, 15) is 4.79 Å². The quantitative estimate of drug-likeness (QED) is 0.766. The molecule has 3 rings (SSSR count). The summed E-state index contributed by atoms with van der Waals surface area (Å²) in [6.07, 6.45) is 0.782. The molecule has 2 aromatic rings. The average Bonchev–Trinajstić information content (AvgIpc) is 2.86. The molecule has 1 aliphatic heterocycles. The Bertz CT molecular complexity index is 817. The molecule has 2 aromatic carbocycles. The first kappa shape index (κ1) is 19.4. The van der Waals surface area contributed by atoms with E-state index >= 15 is 0 Å². The van der Waals surface area contributed by atoms with Gasteiger partial charge in [0, 0.05) is 19.0 Å². The Labute approximate surface area is 164 Å². The highest BCUT2D eigenvalue weighted by molar-refractivity contribution is 6.32. The van der Waals surface area contributed by atoms with Crippen molar-refractivity contribution < 1.29 is 19.0 Å². The molecule has 5 nitrogen and oxygen atoms in total. The van der Waals surface area contributed by atoms with E-state index in [0.29, 0.717) is 48.5 Å². The number of ether oxygens (including phenoxy) is 3. The summed E-state index contributed by atoms with van der Waals surface area (Å²) in [7, 11) is 1.74. The predicted molar refractivity (Wildman–Crippen MR) is 105 cm³/mol. The summed E-state index contributed by atoms with van der Waals surface area (Å²) in [4.78, 5) is 14.3. The van der Waals surface area contributed by atoms with Gasteiger partial charge < -0.3 is 19.1 Å². The van der Waals surface area contributed by atoms with E-state index in [1.165, 1.54) is 0 Å². The van der Waals surface area contributed by atoms with Crippen LogP contribution >= 0.6 is 11.6 Å². The summed E-state index contributed by atoms with van der Waals surface area (Å²) in [6.45, 7) is 6.02. The van der Waals surface area contributed by atoms with Crippen LogP contribution in [0.5, 0.6) is 17.2 Å². The third-order valence-electron chi connectivity index (χ3n) is 4.29. The topological polar surface area (TPSA) is 48.0 Å². The van der Waals surface area contributed by atoms with Crippen molar-refractivity contribution in [2.24, 2.45) is 0 Å². The van der Waals surface area contributed by atoms with Crippen LogP contribution in [-0.4, -0.2) is 44.2 Å². The lowest BCUT2D eigenvalue weighted by atomic mass is 10.1. The van der Waals surface area contributed by atoms with Crippen LogP contribution in [0.4, 0.5) is 0 Å². The summed E-state index contributed by atoms with van der Waals surface area (Å²) < 4.78 is 17.1. The molecule has 0 unspecified atom stereocenters. The van der Waals surface area contributed by atoms with Crippen LogP contribution in [-0.2, 0) is 0 Å². The summed E-state index contributed by atoms with van der Waals surface area (Å²) in [5.74, 6) is 1.69. The minimum absolute atomic E-state index is 0.142. The number of hydrogen-bond donors (Lipinski definition) is 0. The van der Waals surface area contributed by atoms with E-state index in [0.717, 1.165) is 23.3 Å². The van der Waals surface area contributed by atoms with Crippen LogP contribution < -0.4 is 14.2 Å². The van der Waals surface area contributed by atoms with Crippen molar-refractivity contribution in [3.8, 4) is 17.2 Å². The van der Waals surface area contributed by atoms with Crippen LogP contribution in [0.15, 0.2) is 30.3 Å². The lowest BCUT2D eigenvalue weighted by molar-refractivity contribution is 0.0773. The number of amides is 1. The zero-order valence-corrected chi connectivity index (χ0v) is 16.6. The number of rotatable bonds is 5. The molecule has 0 atom stereocenters. The fraction of sp³-hybridized carbons (Fsp3) is 0.381. The maximum atomic E-state index is 12.7. The van der Waals surface area contributed by atoms with Gasteiger partial charge in [-0.25, -0.2) is 0 Å². The normalized spacial score (nSPS) is 13.0. The second-order valence-electron chi connectivity index (χ2n) is 6.73. The molecule has 0 spiro atoms. The van der Waals surface area contributed by atoms with Gasteiger partial charge >= 0.3 is 0 Å². The highest BCUT2D eigenvalue weighted by atomic mass is 35.5. The van der Waals surface area contributed by atoms with Crippen molar-refractivity contribution in [2.45, 2.75) is 20.3 Å². The van der Waals surface area contributed by atoms with Crippen LogP contribution in [0.25, 0.3) is 0 Å². The molecule has 0 aromatic heterocycles. The second kappa shape index (κ2) is 8.53. The van der Waals surface area contributed by atoms with E-state index in [1.54, 1.807) is 24.1 Å². The fourth-order valence-electron chi connectivity index (χ4n) is 2.99. The highest BCUT2D eigenvalue weighted by Crippen LogP contribution is 2.38. The number of carbonyl (C=O) groups is 1. The summed E-state index contributed by atoms with van der Waals surface area (Å²) in [5.41, 5.74) is 2.77. The lowest BCUT2D eigenvalue weighted by Gasteiger charge is -2.19. The molecule has 0 aliphatic carbocycles. The third kappa shape index (κ3) is 4.86. The monoisotopic (exact) mass is 389 g/mol. The minimum Gasteiger partial charge on any atom is -0.492 e. The predicted octanol–water partition coefficient (Wildman–Crippen LogP) is 4.27. The second-order valence-corrected chi connectivity index (χ2v) is 7.14. The standard InChI is InChI=1S/C21H24ClNO4/c1-14-9-15(2)11-17(10-14)25-8-5-23(3)21(24)16-12-18(22)20-19(13-16)26-6-4-7-27-20/h9-13H,4-8H2,1-3H3. The van der Waals surface area contributed by atoms with Crippen molar-refractivity contribution >= 4 is 17.5 Å². The van der Waals surface area contributed by atoms with Gasteiger partial charge in [-0.05, 0) is 49.2 Å². The van der Waals surface area contributed by atoms with Crippen LogP contribution in [0, 0.1) is 13.8 Å². The maximum Gasteiger partial charge on any atom is 0.253 e. The van der Waals surface area contributed by atoms with Crippen molar-refractivity contribution in [1.29, 1.82) is 0 Å². The van der Waals surface area contributed by atoms with E-state index in [-0.39, 0.29) is 5.91 Å². The van der Waals surface area contributed by atoms with E-state index < -0.39 is 0 Å². The zero-order valence-electron chi connectivity index (χ0n) is 15.9. The molecule has 1 aliphatic rings. The molecule has 1 heterocycles. The Balaban J connectivity index is 1.63. The summed E-state index contributed by atoms with van der Waals surface area (Å²) in [5, 5.41) is 0.387. The van der Waals surface area contributed by atoms with E-state index in [1.807, 2.05) is 26.0 Å². The van der Waals surface area contributed by atoms with Gasteiger partial charge in [-0.15, -0.1) is 0 Å². The third-order valence-corrected chi connectivity index (χ3v) is 4.57. The van der Waals surface area contributed by atoms with Crippen LogP contribution in [0.3, 0.4) is 0 Å². The van der Waals surface area contributed by atoms with Crippen molar-refractivity contribution in [2.75, 3.05) is 33.4 Å². The first-order valence-electron chi connectivity index (χ1n) is 9.00. The molecule has 0 radical (unpaired) electrons. The smallest absolute Gasteiger partial charge is 0.253 e. The number of carbonyl (C=O) groups excluding carboxylic acids is 1. The number of aryl methyl sites for hydroxylation is 2. The zero-order chi connectivity index (χ0) is 19.4. The molecule has 0 fully saturated rings. The van der Waals surface area contributed by atoms with Gasteiger partial charge in [0.15, 0.2) is 11.5 Å². The number of likely N-dealkylation sites (N-methyl/N-ethyl adjacent to an activating group) is 1. The first-order chi connectivity index (χ1) is 12.9. The molecule has 0 saturated carbocycles. The highest BCUT2D eigenvalue weighted by Gasteiger charge is 2.20. The number of nitrogens with zero attached hydrogens (tertiary/aromatic N) is 1. The Kier molecular flexibility index (Phi) is 6.11. The summed E-state index contributed by atoms with van der Waals surface area (Å²) in [6, 6.07) is 9.38. The van der Waals surface area contributed by atoms with Gasteiger partial charge in [0.2, 0.25) is 0 Å². The van der Waals surface area contributed by atoms with Gasteiger partial charge in [0.1, 0.15) is 12.4 Å². The van der Waals surface area contributed by atoms with Gasteiger partial charge in [-0.3, -0.25) is 4.79 Å². The Hall–Kier alpha value is -2.40. The summed E-state index contributed by atoms with van der Waals surface area (Å²) >= 11 is 6.28. The SMILES string of the molecule is Cc1cc(C)cc(OCCN(C)C(=O)c2cc(Cl)c3c(c2)OCCCO3)c1. The average molecular weight is 390 g/mol. The maximum absolute atomic E-state index is 12.7. The molecule has 27 heavy (non-hydrogen) atoms. The molecule has 6 heteroatoms. The van der Waals surface area contributed by atoms with Gasteiger partial charge in [0.05, 0.1) is 24.8 Å². The molecule has 144 valence electrons. The number of hydrogen-bond acceptors (Lipinski definition) is 4. The van der Waals surface area contributed by atoms with Gasteiger partial charge in [0.25, 0.3) is 5.91 Å².